The standard InChI is InChI=1S/C14H27NO2/c1-5-17-14(16)10-12(4)15(13-6-7-13)9-8-11(2)3/h11-13H,5-10H2,1-4H3. The zero-order valence-electron chi connectivity index (χ0n) is 11.7. The normalized spacial score (nSPS) is 17.5. The van der Waals surface area contributed by atoms with Gasteiger partial charge >= 0.3 is 5.97 Å². The minimum atomic E-state index is -0.0600. The molecule has 0 aromatic carbocycles. The van der Waals surface area contributed by atoms with E-state index in [4.69, 9.17) is 4.74 Å². The molecule has 0 aromatic rings. The quantitative estimate of drug-likeness (QED) is 0.612. The number of carbonyl (C=O) groups excluding carboxylic acids is 1. The molecule has 3 nitrogen and oxygen atoms in total. The number of carbonyl (C=O) groups is 1. The average Bonchev–Trinajstić information content (AvgIpc) is 3.01. The highest BCUT2D eigenvalue weighted by atomic mass is 16.5. The minimum Gasteiger partial charge on any atom is -0.466 e. The Labute approximate surface area is 106 Å². The third-order valence-electron chi connectivity index (χ3n) is 3.31. The fourth-order valence-electron chi connectivity index (χ4n) is 2.15. The van der Waals surface area contributed by atoms with Gasteiger partial charge in [-0.05, 0) is 45.6 Å². The predicted octanol–water partition coefficient (Wildman–Crippen LogP) is 2.84. The second kappa shape index (κ2) is 7.00. The molecular formula is C14H27NO2. The van der Waals surface area contributed by atoms with Crippen LogP contribution in [0.3, 0.4) is 0 Å². The Morgan fingerprint density at radius 1 is 1.35 bits per heavy atom. The summed E-state index contributed by atoms with van der Waals surface area (Å²) in [6.07, 6.45) is 4.34. The summed E-state index contributed by atoms with van der Waals surface area (Å²) in [4.78, 5) is 14.0. The lowest BCUT2D eigenvalue weighted by Crippen LogP contribution is -2.38. The van der Waals surface area contributed by atoms with E-state index in [2.05, 4.69) is 25.7 Å². The van der Waals surface area contributed by atoms with E-state index >= 15 is 0 Å². The maximum Gasteiger partial charge on any atom is 0.307 e. The van der Waals surface area contributed by atoms with Gasteiger partial charge in [-0.15, -0.1) is 0 Å². The second-order valence-corrected chi connectivity index (χ2v) is 5.51. The number of hydrogen-bond acceptors (Lipinski definition) is 3. The number of rotatable bonds is 8. The molecule has 0 radical (unpaired) electrons. The van der Waals surface area contributed by atoms with Crippen LogP contribution >= 0.6 is 0 Å². The molecule has 0 heterocycles. The Kier molecular flexibility index (Phi) is 5.96. The van der Waals surface area contributed by atoms with Gasteiger partial charge in [0.05, 0.1) is 13.0 Å². The highest BCUT2D eigenvalue weighted by Gasteiger charge is 2.32. The number of hydrogen-bond donors (Lipinski definition) is 0. The highest BCUT2D eigenvalue weighted by molar-refractivity contribution is 5.70. The summed E-state index contributed by atoms with van der Waals surface area (Å²) in [5, 5.41) is 0. The Morgan fingerprint density at radius 3 is 2.47 bits per heavy atom. The summed E-state index contributed by atoms with van der Waals surface area (Å²) >= 11 is 0. The van der Waals surface area contributed by atoms with E-state index in [0.29, 0.717) is 19.1 Å². The van der Waals surface area contributed by atoms with Crippen LogP contribution in [0.25, 0.3) is 0 Å². The van der Waals surface area contributed by atoms with E-state index in [-0.39, 0.29) is 5.97 Å². The van der Waals surface area contributed by atoms with Crippen molar-refractivity contribution in [2.75, 3.05) is 13.2 Å². The van der Waals surface area contributed by atoms with Crippen molar-refractivity contribution in [1.29, 1.82) is 0 Å². The molecule has 1 aliphatic carbocycles. The molecular weight excluding hydrogens is 214 g/mol. The van der Waals surface area contributed by atoms with E-state index in [9.17, 15) is 4.79 Å². The lowest BCUT2D eigenvalue weighted by Gasteiger charge is -2.29. The van der Waals surface area contributed by atoms with Crippen molar-refractivity contribution in [2.45, 2.75) is 65.5 Å². The van der Waals surface area contributed by atoms with Crippen LogP contribution in [-0.4, -0.2) is 36.1 Å². The molecule has 0 saturated heterocycles. The Balaban J connectivity index is 2.37. The molecule has 17 heavy (non-hydrogen) atoms. The van der Waals surface area contributed by atoms with Crippen molar-refractivity contribution < 1.29 is 9.53 Å². The number of ether oxygens (including phenoxy) is 1. The smallest absolute Gasteiger partial charge is 0.307 e. The molecule has 0 amide bonds. The molecule has 1 aliphatic rings. The molecule has 1 saturated carbocycles. The van der Waals surface area contributed by atoms with Crippen molar-refractivity contribution in [3.8, 4) is 0 Å². The fourth-order valence-corrected chi connectivity index (χ4v) is 2.15. The van der Waals surface area contributed by atoms with Gasteiger partial charge in [-0.3, -0.25) is 9.69 Å². The lowest BCUT2D eigenvalue weighted by atomic mass is 10.1. The molecule has 0 aromatic heterocycles. The van der Waals surface area contributed by atoms with Gasteiger partial charge in [0.25, 0.3) is 0 Å². The largest absolute Gasteiger partial charge is 0.466 e. The zero-order valence-corrected chi connectivity index (χ0v) is 11.7. The van der Waals surface area contributed by atoms with Gasteiger partial charge in [0.15, 0.2) is 0 Å². The Hall–Kier alpha value is -0.570. The maximum atomic E-state index is 11.5. The van der Waals surface area contributed by atoms with E-state index in [0.717, 1.165) is 18.5 Å². The SMILES string of the molecule is CCOC(=O)CC(C)N(CCC(C)C)C1CC1. The molecule has 1 unspecified atom stereocenters. The first kappa shape index (κ1) is 14.5. The molecule has 0 aliphatic heterocycles. The van der Waals surface area contributed by atoms with Crippen LogP contribution in [-0.2, 0) is 9.53 Å². The molecule has 0 bridgehead atoms. The van der Waals surface area contributed by atoms with Crippen molar-refractivity contribution in [3.63, 3.8) is 0 Å². The third-order valence-corrected chi connectivity index (χ3v) is 3.31. The maximum absolute atomic E-state index is 11.5. The topological polar surface area (TPSA) is 29.5 Å². The minimum absolute atomic E-state index is 0.0600. The van der Waals surface area contributed by atoms with Gasteiger partial charge < -0.3 is 4.74 Å². The second-order valence-electron chi connectivity index (χ2n) is 5.51. The molecule has 0 spiro atoms. The first-order chi connectivity index (χ1) is 8.04. The van der Waals surface area contributed by atoms with Crippen LogP contribution in [0.5, 0.6) is 0 Å². The summed E-state index contributed by atoms with van der Waals surface area (Å²) in [6.45, 7) is 10.1. The highest BCUT2D eigenvalue weighted by Crippen LogP contribution is 2.30. The van der Waals surface area contributed by atoms with Crippen LogP contribution in [0.4, 0.5) is 0 Å². The summed E-state index contributed by atoms with van der Waals surface area (Å²) in [5.41, 5.74) is 0. The molecule has 1 fully saturated rings. The fraction of sp³-hybridized carbons (Fsp3) is 0.929. The molecule has 1 atom stereocenters. The van der Waals surface area contributed by atoms with E-state index < -0.39 is 0 Å². The molecule has 100 valence electrons. The van der Waals surface area contributed by atoms with Crippen molar-refractivity contribution >= 4 is 5.97 Å². The summed E-state index contributed by atoms with van der Waals surface area (Å²) in [5.74, 6) is 0.668. The van der Waals surface area contributed by atoms with Gasteiger partial charge in [-0.1, -0.05) is 13.8 Å². The van der Waals surface area contributed by atoms with Crippen molar-refractivity contribution in [1.82, 2.24) is 4.90 Å². The van der Waals surface area contributed by atoms with Gasteiger partial charge in [-0.2, -0.15) is 0 Å². The van der Waals surface area contributed by atoms with Crippen LogP contribution in [0.15, 0.2) is 0 Å². The van der Waals surface area contributed by atoms with Gasteiger partial charge in [-0.25, -0.2) is 0 Å². The molecule has 0 N–H and O–H groups in total. The van der Waals surface area contributed by atoms with Crippen molar-refractivity contribution in [3.05, 3.63) is 0 Å². The number of esters is 1. The van der Waals surface area contributed by atoms with Crippen molar-refractivity contribution in [2.24, 2.45) is 5.92 Å². The van der Waals surface area contributed by atoms with E-state index in [1.54, 1.807) is 0 Å². The molecule has 1 rings (SSSR count). The Bertz CT molecular complexity index is 236. The van der Waals surface area contributed by atoms with E-state index in [1.807, 2.05) is 6.92 Å². The van der Waals surface area contributed by atoms with E-state index in [1.165, 1.54) is 19.3 Å². The number of nitrogens with zero attached hydrogens (tertiary/aromatic N) is 1. The Morgan fingerprint density at radius 2 is 2.00 bits per heavy atom. The summed E-state index contributed by atoms with van der Waals surface area (Å²) in [7, 11) is 0. The van der Waals surface area contributed by atoms with Crippen LogP contribution in [0, 0.1) is 5.92 Å². The predicted molar refractivity (Wildman–Crippen MR) is 69.9 cm³/mol. The first-order valence-electron chi connectivity index (χ1n) is 6.96. The van der Waals surface area contributed by atoms with Crippen LogP contribution < -0.4 is 0 Å². The third kappa shape index (κ3) is 5.53. The monoisotopic (exact) mass is 241 g/mol. The van der Waals surface area contributed by atoms with Crippen LogP contribution in [0.2, 0.25) is 0 Å². The van der Waals surface area contributed by atoms with Gasteiger partial charge in [0.2, 0.25) is 0 Å². The summed E-state index contributed by atoms with van der Waals surface area (Å²) < 4.78 is 5.02. The zero-order chi connectivity index (χ0) is 12.8. The van der Waals surface area contributed by atoms with Crippen LogP contribution in [0.1, 0.15) is 53.4 Å². The first-order valence-corrected chi connectivity index (χ1v) is 6.96. The van der Waals surface area contributed by atoms with Gasteiger partial charge in [0.1, 0.15) is 0 Å². The average molecular weight is 241 g/mol. The summed E-state index contributed by atoms with van der Waals surface area (Å²) in [6, 6.07) is 1.04. The lowest BCUT2D eigenvalue weighted by molar-refractivity contribution is -0.144. The molecule has 3 heteroatoms. The van der Waals surface area contributed by atoms with Gasteiger partial charge in [0, 0.05) is 12.1 Å².